The van der Waals surface area contributed by atoms with Gasteiger partial charge < -0.3 is 14.5 Å². The van der Waals surface area contributed by atoms with E-state index in [1.165, 1.54) is 6.07 Å². The summed E-state index contributed by atoms with van der Waals surface area (Å²) in [5, 5.41) is 0. The lowest BCUT2D eigenvalue weighted by Crippen LogP contribution is -2.42. The predicted molar refractivity (Wildman–Crippen MR) is 97.8 cm³/mol. The molecule has 1 aromatic carbocycles. The van der Waals surface area contributed by atoms with E-state index in [0.717, 1.165) is 0 Å². The van der Waals surface area contributed by atoms with Crippen molar-refractivity contribution in [1.82, 2.24) is 9.80 Å². The van der Waals surface area contributed by atoms with Gasteiger partial charge in [-0.1, -0.05) is 45.9 Å². The molecule has 0 spiro atoms. The zero-order valence-corrected chi connectivity index (χ0v) is 16.1. The van der Waals surface area contributed by atoms with E-state index < -0.39 is 0 Å². The highest BCUT2D eigenvalue weighted by molar-refractivity contribution is 5.86. The van der Waals surface area contributed by atoms with Crippen molar-refractivity contribution in [3.8, 4) is 0 Å². The summed E-state index contributed by atoms with van der Waals surface area (Å²) in [6.45, 7) is 9.28. The Morgan fingerprint density at radius 2 is 1.92 bits per heavy atom. The number of halogens is 1. The number of nitrogens with zero attached hydrogens (tertiary/aromatic N) is 2. The molecule has 6 heteroatoms. The second kappa shape index (κ2) is 9.12. The molecule has 0 aliphatic carbocycles. The molecule has 1 aliphatic heterocycles. The topological polar surface area (TPSA) is 49.9 Å². The maximum atomic E-state index is 13.8. The first kappa shape index (κ1) is 20.4. The van der Waals surface area contributed by atoms with Crippen LogP contribution in [0.2, 0.25) is 0 Å². The summed E-state index contributed by atoms with van der Waals surface area (Å²) in [6.07, 6.45) is -0.345. The second-order valence-corrected chi connectivity index (χ2v) is 7.59. The molecule has 144 valence electrons. The van der Waals surface area contributed by atoms with Crippen LogP contribution in [0.25, 0.3) is 0 Å². The normalized spacial score (nSPS) is 18.6. The number of carbonyl (C=O) groups excluding carboxylic acids is 2. The van der Waals surface area contributed by atoms with Gasteiger partial charge in [-0.25, -0.2) is 4.39 Å². The molecule has 1 aliphatic rings. The van der Waals surface area contributed by atoms with Crippen molar-refractivity contribution in [3.05, 3.63) is 35.6 Å². The van der Waals surface area contributed by atoms with E-state index >= 15 is 0 Å². The molecule has 0 radical (unpaired) electrons. The summed E-state index contributed by atoms with van der Waals surface area (Å²) >= 11 is 0. The van der Waals surface area contributed by atoms with Crippen LogP contribution in [0.1, 0.15) is 33.3 Å². The van der Waals surface area contributed by atoms with Gasteiger partial charge in [0.15, 0.2) is 0 Å². The molecule has 1 heterocycles. The quantitative estimate of drug-likeness (QED) is 0.780. The fourth-order valence-corrected chi connectivity index (χ4v) is 3.06. The van der Waals surface area contributed by atoms with E-state index in [9.17, 15) is 14.0 Å². The summed E-state index contributed by atoms with van der Waals surface area (Å²) in [6, 6.07) is 6.48. The molecule has 2 rings (SSSR count). The molecule has 0 N–H and O–H groups in total. The summed E-state index contributed by atoms with van der Waals surface area (Å²) in [5.74, 6) is -0.314. The summed E-state index contributed by atoms with van der Waals surface area (Å²) in [5.41, 5.74) is 0.472. The van der Waals surface area contributed by atoms with Gasteiger partial charge in [0, 0.05) is 31.1 Å². The van der Waals surface area contributed by atoms with Crippen LogP contribution in [-0.2, 0) is 20.9 Å². The molecule has 1 aromatic rings. The lowest BCUT2D eigenvalue weighted by molar-refractivity contribution is -0.140. The number of carbonyl (C=O) groups is 2. The minimum Gasteiger partial charge on any atom is -0.370 e. The zero-order chi connectivity index (χ0) is 19.3. The monoisotopic (exact) mass is 364 g/mol. The fraction of sp³-hybridized carbons (Fsp3) is 0.600. The third-order valence-electron chi connectivity index (χ3n) is 4.35. The molecular weight excluding hydrogens is 335 g/mol. The Bertz CT molecular complexity index is 633. The van der Waals surface area contributed by atoms with E-state index in [-0.39, 0.29) is 42.8 Å². The standard InChI is InChI=1S/C20H29FN2O3/c1-14(2)9-22-10-17(26-13-16-7-5-6-8-18(16)21)11-23(12-19(22)24)20(25)15(3)4/h5-8,14-15,17H,9-13H2,1-4H3. The number of hydrogen-bond acceptors (Lipinski definition) is 3. The highest BCUT2D eigenvalue weighted by Gasteiger charge is 2.31. The van der Waals surface area contributed by atoms with Crippen molar-refractivity contribution in [2.75, 3.05) is 26.2 Å². The number of amides is 2. The molecule has 5 nitrogen and oxygen atoms in total. The van der Waals surface area contributed by atoms with Crippen LogP contribution < -0.4 is 0 Å². The van der Waals surface area contributed by atoms with Crippen molar-refractivity contribution >= 4 is 11.8 Å². The largest absolute Gasteiger partial charge is 0.370 e. The first-order chi connectivity index (χ1) is 12.3. The molecule has 0 aromatic heterocycles. The van der Waals surface area contributed by atoms with Crippen molar-refractivity contribution in [3.63, 3.8) is 0 Å². The van der Waals surface area contributed by atoms with E-state index in [4.69, 9.17) is 4.74 Å². The maximum Gasteiger partial charge on any atom is 0.242 e. The molecule has 1 unspecified atom stereocenters. The molecular formula is C20H29FN2O3. The predicted octanol–water partition coefficient (Wildman–Crippen LogP) is 2.69. The number of hydrogen-bond donors (Lipinski definition) is 0. The van der Waals surface area contributed by atoms with Gasteiger partial charge in [0.25, 0.3) is 0 Å². The van der Waals surface area contributed by atoms with E-state index in [2.05, 4.69) is 0 Å². The maximum absolute atomic E-state index is 13.8. The number of rotatable bonds is 6. The van der Waals surface area contributed by atoms with Crippen LogP contribution in [0.3, 0.4) is 0 Å². The van der Waals surface area contributed by atoms with Crippen LogP contribution in [0, 0.1) is 17.7 Å². The summed E-state index contributed by atoms with van der Waals surface area (Å²) in [7, 11) is 0. The smallest absolute Gasteiger partial charge is 0.242 e. The highest BCUT2D eigenvalue weighted by Crippen LogP contribution is 2.16. The minimum absolute atomic E-state index is 0.0651. The fourth-order valence-electron chi connectivity index (χ4n) is 3.06. The van der Waals surface area contributed by atoms with E-state index in [1.54, 1.807) is 28.0 Å². The lowest BCUT2D eigenvalue weighted by atomic mass is 10.2. The number of ether oxygens (including phenoxy) is 1. The van der Waals surface area contributed by atoms with Gasteiger partial charge in [-0.05, 0) is 12.0 Å². The molecule has 0 saturated carbocycles. The Morgan fingerprint density at radius 3 is 2.54 bits per heavy atom. The van der Waals surface area contributed by atoms with Gasteiger partial charge in [0.05, 0.1) is 19.3 Å². The minimum atomic E-state index is -0.345. The number of benzene rings is 1. The Hall–Kier alpha value is -1.95. The molecule has 1 saturated heterocycles. The Morgan fingerprint density at radius 1 is 1.23 bits per heavy atom. The molecule has 26 heavy (non-hydrogen) atoms. The molecule has 1 fully saturated rings. The van der Waals surface area contributed by atoms with Crippen LogP contribution >= 0.6 is 0 Å². The van der Waals surface area contributed by atoms with Gasteiger partial charge in [-0.2, -0.15) is 0 Å². The first-order valence-electron chi connectivity index (χ1n) is 9.19. The summed E-state index contributed by atoms with van der Waals surface area (Å²) < 4.78 is 19.8. The van der Waals surface area contributed by atoms with Gasteiger partial charge in [0.2, 0.25) is 11.8 Å². The van der Waals surface area contributed by atoms with E-state index in [0.29, 0.717) is 31.1 Å². The third kappa shape index (κ3) is 5.53. The van der Waals surface area contributed by atoms with Gasteiger partial charge in [-0.15, -0.1) is 0 Å². The van der Waals surface area contributed by atoms with Crippen LogP contribution in [0.4, 0.5) is 4.39 Å². The zero-order valence-electron chi connectivity index (χ0n) is 16.1. The van der Waals surface area contributed by atoms with Crippen LogP contribution in [-0.4, -0.2) is 53.9 Å². The average Bonchev–Trinajstić information content (AvgIpc) is 2.72. The van der Waals surface area contributed by atoms with E-state index in [1.807, 2.05) is 27.7 Å². The van der Waals surface area contributed by atoms with Crippen molar-refractivity contribution in [2.45, 2.75) is 40.4 Å². The van der Waals surface area contributed by atoms with Gasteiger partial charge in [-0.3, -0.25) is 9.59 Å². The highest BCUT2D eigenvalue weighted by atomic mass is 19.1. The Labute approximate surface area is 155 Å². The lowest BCUT2D eigenvalue weighted by Gasteiger charge is -2.26. The first-order valence-corrected chi connectivity index (χ1v) is 9.19. The molecule has 2 amide bonds. The van der Waals surface area contributed by atoms with Crippen LogP contribution in [0.5, 0.6) is 0 Å². The summed E-state index contributed by atoms with van der Waals surface area (Å²) in [4.78, 5) is 28.3. The molecule has 0 bridgehead atoms. The average molecular weight is 364 g/mol. The third-order valence-corrected chi connectivity index (χ3v) is 4.35. The Balaban J connectivity index is 2.13. The Kier molecular flexibility index (Phi) is 7.14. The van der Waals surface area contributed by atoms with Gasteiger partial charge in [0.1, 0.15) is 5.82 Å². The van der Waals surface area contributed by atoms with Crippen molar-refractivity contribution in [2.24, 2.45) is 11.8 Å². The van der Waals surface area contributed by atoms with Crippen LogP contribution in [0.15, 0.2) is 24.3 Å². The van der Waals surface area contributed by atoms with Gasteiger partial charge >= 0.3 is 0 Å². The van der Waals surface area contributed by atoms with Crippen molar-refractivity contribution < 1.29 is 18.7 Å². The van der Waals surface area contributed by atoms with Crippen molar-refractivity contribution in [1.29, 1.82) is 0 Å². The molecule has 1 atom stereocenters. The SMILES string of the molecule is CC(C)CN1CC(OCc2ccccc2F)CN(C(=O)C(C)C)CC1=O. The second-order valence-electron chi connectivity index (χ2n) is 7.59.